The van der Waals surface area contributed by atoms with Crippen molar-refractivity contribution < 1.29 is 4.74 Å². The van der Waals surface area contributed by atoms with Gasteiger partial charge in [0.05, 0.1) is 6.61 Å². The highest BCUT2D eigenvalue weighted by Crippen LogP contribution is 2.58. The number of hydrogen-bond donors (Lipinski definition) is 0. The Morgan fingerprint density at radius 1 is 1.48 bits per heavy atom. The summed E-state index contributed by atoms with van der Waals surface area (Å²) in [6.07, 6.45) is 6.10. The summed E-state index contributed by atoms with van der Waals surface area (Å²) in [7, 11) is 0. The first-order chi connectivity index (χ1) is 9.79. The molecule has 0 spiro atoms. The van der Waals surface area contributed by atoms with Crippen molar-refractivity contribution >= 4 is 15.9 Å². The molecule has 1 nitrogen and oxygen atoms in total. The number of halogens is 1. The molecular weight excluding hydrogens is 324 g/mol. The Bertz CT molecular complexity index is 470. The summed E-state index contributed by atoms with van der Waals surface area (Å²) in [6, 6.07) is 0. The molecule has 0 amide bonds. The third kappa shape index (κ3) is 3.71. The van der Waals surface area contributed by atoms with Crippen LogP contribution < -0.4 is 0 Å². The average Bonchev–Trinajstić information content (AvgIpc) is 2.59. The lowest BCUT2D eigenvalue weighted by Crippen LogP contribution is -2.29. The van der Waals surface area contributed by atoms with Gasteiger partial charge >= 0.3 is 0 Å². The van der Waals surface area contributed by atoms with E-state index in [1.54, 1.807) is 0 Å². The molecule has 0 bridgehead atoms. The van der Waals surface area contributed by atoms with E-state index in [9.17, 15) is 0 Å². The fourth-order valence-electron chi connectivity index (χ4n) is 3.44. The molecule has 0 unspecified atom stereocenters. The molecule has 0 aromatic rings. The molecule has 0 N–H and O–H groups in total. The van der Waals surface area contributed by atoms with E-state index in [0.717, 1.165) is 18.6 Å². The van der Waals surface area contributed by atoms with Gasteiger partial charge in [-0.3, -0.25) is 0 Å². The molecule has 0 aliphatic heterocycles. The lowest BCUT2D eigenvalue weighted by Gasteiger charge is -2.36. The molecule has 1 aliphatic carbocycles. The topological polar surface area (TPSA) is 9.23 Å². The van der Waals surface area contributed by atoms with Crippen LogP contribution in [-0.4, -0.2) is 6.61 Å². The summed E-state index contributed by atoms with van der Waals surface area (Å²) < 4.78 is 7.16. The Hall–Kier alpha value is -0.760. The number of allylic oxidation sites excluding steroid dienone is 5. The molecule has 1 rings (SSSR count). The van der Waals surface area contributed by atoms with Gasteiger partial charge in [-0.1, -0.05) is 61.0 Å². The largest absolute Gasteiger partial charge is 0.493 e. The van der Waals surface area contributed by atoms with Crippen LogP contribution >= 0.6 is 15.9 Å². The smallest absolute Gasteiger partial charge is 0.133 e. The van der Waals surface area contributed by atoms with Crippen LogP contribution in [0.1, 0.15) is 47.5 Å². The molecule has 1 aliphatic rings. The fraction of sp³-hybridized carbons (Fsp3) is 0.579. The highest BCUT2D eigenvalue weighted by molar-refractivity contribution is 9.11. The molecule has 0 saturated heterocycles. The summed E-state index contributed by atoms with van der Waals surface area (Å²) in [5.41, 5.74) is 2.56. The van der Waals surface area contributed by atoms with Gasteiger partial charge in [0.2, 0.25) is 0 Å². The Labute approximate surface area is 139 Å². The minimum atomic E-state index is 0.0602. The van der Waals surface area contributed by atoms with Crippen LogP contribution in [0.5, 0.6) is 0 Å². The molecule has 0 fully saturated rings. The van der Waals surface area contributed by atoms with E-state index in [0.29, 0.717) is 18.4 Å². The molecule has 0 saturated carbocycles. The van der Waals surface area contributed by atoms with E-state index >= 15 is 0 Å². The molecule has 2 heteroatoms. The van der Waals surface area contributed by atoms with E-state index < -0.39 is 0 Å². The molecule has 0 aromatic heterocycles. The van der Waals surface area contributed by atoms with Gasteiger partial charge in [0, 0.05) is 21.4 Å². The van der Waals surface area contributed by atoms with Crippen molar-refractivity contribution in [1.29, 1.82) is 0 Å². The van der Waals surface area contributed by atoms with Crippen molar-refractivity contribution in [2.24, 2.45) is 17.3 Å². The van der Waals surface area contributed by atoms with Crippen LogP contribution in [0.3, 0.4) is 0 Å². The number of rotatable bonds is 7. The van der Waals surface area contributed by atoms with Crippen LogP contribution in [-0.2, 0) is 4.74 Å². The van der Waals surface area contributed by atoms with Crippen molar-refractivity contribution in [2.75, 3.05) is 6.61 Å². The van der Waals surface area contributed by atoms with Crippen molar-refractivity contribution in [3.05, 3.63) is 46.7 Å². The maximum Gasteiger partial charge on any atom is 0.133 e. The maximum atomic E-state index is 5.96. The molecule has 21 heavy (non-hydrogen) atoms. The zero-order valence-corrected chi connectivity index (χ0v) is 15.7. The number of ether oxygens (including phenoxy) is 1. The Kier molecular flexibility index (Phi) is 6.52. The van der Waals surface area contributed by atoms with E-state index in [2.05, 4.69) is 62.9 Å². The quantitative estimate of drug-likeness (QED) is 0.482. The van der Waals surface area contributed by atoms with Gasteiger partial charge in [-0.25, -0.2) is 0 Å². The van der Waals surface area contributed by atoms with Gasteiger partial charge in [0.25, 0.3) is 0 Å². The SMILES string of the molecule is C=C/C=C1\C(OCC)=C(Br)[C@H](C(C)C)[C@@]1(C)CCC(=C)C. The third-order valence-corrected chi connectivity index (χ3v) is 5.20. The van der Waals surface area contributed by atoms with Crippen molar-refractivity contribution in [1.82, 2.24) is 0 Å². The van der Waals surface area contributed by atoms with Gasteiger partial charge in [-0.05, 0) is 32.6 Å². The van der Waals surface area contributed by atoms with Gasteiger partial charge in [0.15, 0.2) is 0 Å². The normalized spacial score (nSPS) is 27.6. The van der Waals surface area contributed by atoms with Gasteiger partial charge < -0.3 is 4.74 Å². The Morgan fingerprint density at radius 3 is 2.52 bits per heavy atom. The summed E-state index contributed by atoms with van der Waals surface area (Å²) in [5, 5.41) is 0. The van der Waals surface area contributed by atoms with Crippen molar-refractivity contribution in [3.63, 3.8) is 0 Å². The first kappa shape index (κ1) is 18.3. The molecule has 0 radical (unpaired) electrons. The summed E-state index contributed by atoms with van der Waals surface area (Å²) in [5.74, 6) is 1.99. The van der Waals surface area contributed by atoms with Crippen molar-refractivity contribution in [2.45, 2.75) is 47.5 Å². The predicted molar refractivity (Wildman–Crippen MR) is 96.3 cm³/mol. The zero-order chi connectivity index (χ0) is 16.2. The summed E-state index contributed by atoms with van der Waals surface area (Å²) in [4.78, 5) is 0. The van der Waals surface area contributed by atoms with Gasteiger partial charge in [-0.2, -0.15) is 0 Å². The third-order valence-electron chi connectivity index (χ3n) is 4.35. The predicted octanol–water partition coefficient (Wildman–Crippen LogP) is 6.39. The summed E-state index contributed by atoms with van der Waals surface area (Å²) in [6.45, 7) is 19.7. The minimum Gasteiger partial charge on any atom is -0.493 e. The average molecular weight is 353 g/mol. The molecule has 118 valence electrons. The lowest BCUT2D eigenvalue weighted by molar-refractivity contribution is 0.209. The highest BCUT2D eigenvalue weighted by atomic mass is 79.9. The number of hydrogen-bond acceptors (Lipinski definition) is 1. The van der Waals surface area contributed by atoms with Crippen LogP contribution in [0.2, 0.25) is 0 Å². The standard InChI is InChI=1S/C19H29BrO/c1-8-10-15-18(21-9-2)17(20)16(14(5)6)19(15,7)12-11-13(3)4/h8,10,14,16H,1,3,9,11-12H2,2,4-7H3/b15-10+/t16-,19-/m0/s1. The van der Waals surface area contributed by atoms with Crippen LogP contribution in [0, 0.1) is 17.3 Å². The van der Waals surface area contributed by atoms with Gasteiger partial charge in [-0.15, -0.1) is 6.58 Å². The van der Waals surface area contributed by atoms with E-state index in [4.69, 9.17) is 4.74 Å². The second-order valence-corrected chi connectivity index (χ2v) is 7.38. The fourth-order valence-corrected chi connectivity index (χ4v) is 4.80. The maximum absolute atomic E-state index is 5.96. The monoisotopic (exact) mass is 352 g/mol. The van der Waals surface area contributed by atoms with E-state index in [1.165, 1.54) is 15.6 Å². The molecule has 0 aromatic carbocycles. The lowest BCUT2D eigenvalue weighted by atomic mass is 9.68. The van der Waals surface area contributed by atoms with E-state index in [-0.39, 0.29) is 5.41 Å². The van der Waals surface area contributed by atoms with Crippen LogP contribution in [0.15, 0.2) is 46.7 Å². The molecule has 2 atom stereocenters. The minimum absolute atomic E-state index is 0.0602. The van der Waals surface area contributed by atoms with Crippen molar-refractivity contribution in [3.8, 4) is 0 Å². The first-order valence-corrected chi connectivity index (χ1v) is 8.59. The second-order valence-electron chi connectivity index (χ2n) is 6.52. The van der Waals surface area contributed by atoms with Gasteiger partial charge in [0.1, 0.15) is 5.76 Å². The molecule has 0 heterocycles. The summed E-state index contributed by atoms with van der Waals surface area (Å²) >= 11 is 3.82. The van der Waals surface area contributed by atoms with Crippen LogP contribution in [0.25, 0.3) is 0 Å². The molecular formula is C19H29BrO. The zero-order valence-electron chi connectivity index (χ0n) is 14.1. The van der Waals surface area contributed by atoms with Crippen LogP contribution in [0.4, 0.5) is 0 Å². The Balaban J connectivity index is 3.33. The highest BCUT2D eigenvalue weighted by Gasteiger charge is 2.48. The second kappa shape index (κ2) is 7.49. The van der Waals surface area contributed by atoms with E-state index in [1.807, 2.05) is 13.0 Å². The first-order valence-electron chi connectivity index (χ1n) is 7.80. The Morgan fingerprint density at radius 2 is 2.10 bits per heavy atom.